The van der Waals surface area contributed by atoms with Crippen molar-refractivity contribution in [3.05, 3.63) is 156 Å². The van der Waals surface area contributed by atoms with Crippen LogP contribution in [0.5, 0.6) is 0 Å². The Hall–Kier alpha value is -7.96. The zero-order valence-corrected chi connectivity index (χ0v) is 41.2. The van der Waals surface area contributed by atoms with Crippen LogP contribution in [0.15, 0.2) is 145 Å². The molecule has 0 fully saturated rings. The number of thiophene rings is 1. The maximum Gasteiger partial charge on any atom is 0.116 e. The molecule has 11 rings (SSSR count). The molecule has 0 amide bonds. The summed E-state index contributed by atoms with van der Waals surface area (Å²) in [5, 5.41) is 27.5. The monoisotopic (exact) mass is 927 g/mol. The second-order valence-corrected chi connectivity index (χ2v) is 19.2. The van der Waals surface area contributed by atoms with Crippen LogP contribution in [0.4, 0.5) is 5.69 Å². The van der Waals surface area contributed by atoms with E-state index in [0.29, 0.717) is 5.92 Å². The van der Waals surface area contributed by atoms with E-state index in [1.165, 1.54) is 5.56 Å². The number of pyridine rings is 4. The molecule has 11 aromatic rings. The summed E-state index contributed by atoms with van der Waals surface area (Å²) in [5.74, 6) is 1.38. The first kappa shape index (κ1) is 46.2. The highest BCUT2D eigenvalue weighted by atomic mass is 32.1. The number of aromatic nitrogens is 10. The SMILES string of the molecule is C/C=C(\C)c1nccc2[nH]c(-c3n[nH]c4ccc(-c5cnccc5C)cc34)cc12.C=C(CC(C)C)Nc1cncc(-c2ccc3[nH]nc(-c4cc5c(-c6ccsc6)nccc5[nH]4)c3c2)c1.CC(C)C. The van der Waals surface area contributed by atoms with Gasteiger partial charge in [-0.15, -0.1) is 0 Å². The van der Waals surface area contributed by atoms with Crippen LogP contribution < -0.4 is 5.32 Å². The second kappa shape index (κ2) is 20.1. The number of benzene rings is 2. The lowest BCUT2D eigenvalue weighted by molar-refractivity contribution is 0.645. The van der Waals surface area contributed by atoms with Gasteiger partial charge in [0.05, 0.1) is 45.7 Å². The van der Waals surface area contributed by atoms with Crippen molar-refractivity contribution in [3.63, 3.8) is 0 Å². The normalized spacial score (nSPS) is 11.7. The topological polar surface area (TPSA) is 153 Å². The molecule has 0 saturated carbocycles. The number of hydrogen-bond acceptors (Lipinski definition) is 8. The summed E-state index contributed by atoms with van der Waals surface area (Å²) in [6, 6.07) is 27.2. The van der Waals surface area contributed by atoms with Gasteiger partial charge in [-0.2, -0.15) is 21.5 Å². The average Bonchev–Trinajstić information content (AvgIpc) is 4.20. The van der Waals surface area contributed by atoms with Crippen molar-refractivity contribution in [1.29, 1.82) is 0 Å². The van der Waals surface area contributed by atoms with Crippen LogP contribution in [-0.2, 0) is 0 Å². The summed E-state index contributed by atoms with van der Waals surface area (Å²) in [6.45, 7) is 21.2. The van der Waals surface area contributed by atoms with Crippen molar-refractivity contribution >= 4 is 66.2 Å². The van der Waals surface area contributed by atoms with Crippen LogP contribution in [0.25, 0.3) is 105 Å². The molecule has 0 radical (unpaired) electrons. The van der Waals surface area contributed by atoms with E-state index in [1.807, 2.05) is 62.3 Å². The van der Waals surface area contributed by atoms with Gasteiger partial charge < -0.3 is 15.3 Å². The van der Waals surface area contributed by atoms with Crippen molar-refractivity contribution in [2.75, 3.05) is 5.32 Å². The lowest BCUT2D eigenvalue weighted by atomic mass is 10.0. The van der Waals surface area contributed by atoms with Gasteiger partial charge in [-0.3, -0.25) is 30.1 Å². The number of aromatic amines is 4. The molecule has 0 unspecified atom stereocenters. The van der Waals surface area contributed by atoms with Crippen molar-refractivity contribution in [3.8, 4) is 56.3 Å². The van der Waals surface area contributed by atoms with Crippen LogP contribution in [0, 0.1) is 18.8 Å². The molecular formula is C57H57N11S. The van der Waals surface area contributed by atoms with Crippen LogP contribution >= 0.6 is 11.3 Å². The van der Waals surface area contributed by atoms with Crippen LogP contribution in [0.1, 0.15) is 66.1 Å². The molecule has 12 heteroatoms. The first-order chi connectivity index (χ1) is 33.4. The quantitative estimate of drug-likeness (QED) is 0.0915. The number of anilines is 1. The van der Waals surface area contributed by atoms with Crippen LogP contribution in [0.2, 0.25) is 0 Å². The van der Waals surface area contributed by atoms with E-state index >= 15 is 0 Å². The lowest BCUT2D eigenvalue weighted by Gasteiger charge is -2.12. The van der Waals surface area contributed by atoms with E-state index in [2.05, 4.69) is 188 Å². The summed E-state index contributed by atoms with van der Waals surface area (Å²) in [5.41, 5.74) is 19.6. The van der Waals surface area contributed by atoms with Crippen molar-refractivity contribution in [1.82, 2.24) is 50.3 Å². The zero-order valence-electron chi connectivity index (χ0n) is 40.4. The summed E-state index contributed by atoms with van der Waals surface area (Å²) < 4.78 is 0. The van der Waals surface area contributed by atoms with E-state index in [0.717, 1.165) is 135 Å². The van der Waals surface area contributed by atoms with Crippen molar-refractivity contribution in [2.24, 2.45) is 11.8 Å². The Bertz CT molecular complexity index is 3600. The van der Waals surface area contributed by atoms with Gasteiger partial charge in [-0.1, -0.05) is 59.4 Å². The Kier molecular flexibility index (Phi) is 13.4. The smallest absolute Gasteiger partial charge is 0.116 e. The molecule has 0 saturated heterocycles. The fraction of sp³-hybridized carbons (Fsp3) is 0.193. The number of allylic oxidation sites excluding steroid dienone is 3. The standard InChI is InChI=1S/C29H26N6S.C24H21N5.C4H10/c1-17(2)10-18(3)32-22-11-21(14-30-15-22)19-4-5-26-23(12-19)29(35-34-26)27-13-24-25(33-27)6-8-31-28(24)20-7-9-36-16-20;1-4-14(2)23-18-12-22(27-20(18)8-10-26-23)24-17-11-16(5-6-21(17)28-29-24)19-13-25-9-7-15(19)3;1-4(2)3/h4-9,11-17,32-33H,3,10H2,1-2H3,(H,34,35);4-13,27H,1-3H3,(H,28,29);4H,1-3H3/b;14-4+;. The van der Waals surface area contributed by atoms with Gasteiger partial charge in [0, 0.05) is 91.3 Å². The van der Waals surface area contributed by atoms with Crippen LogP contribution in [-0.4, -0.2) is 50.3 Å². The molecule has 0 atom stereocenters. The van der Waals surface area contributed by atoms with E-state index in [4.69, 9.17) is 0 Å². The van der Waals surface area contributed by atoms with Gasteiger partial charge in [0.15, 0.2) is 0 Å². The first-order valence-corrected chi connectivity index (χ1v) is 24.3. The maximum atomic E-state index is 4.66. The largest absolute Gasteiger partial charge is 0.358 e. The maximum absolute atomic E-state index is 4.66. The summed E-state index contributed by atoms with van der Waals surface area (Å²) >= 11 is 1.67. The van der Waals surface area contributed by atoms with Crippen molar-refractivity contribution in [2.45, 2.75) is 61.8 Å². The van der Waals surface area contributed by atoms with Gasteiger partial charge in [-0.25, -0.2) is 0 Å². The zero-order chi connectivity index (χ0) is 48.2. The number of fused-ring (bicyclic) bond motifs is 4. The number of nitrogens with one attached hydrogen (secondary N) is 5. The number of hydrogen-bond donors (Lipinski definition) is 5. The van der Waals surface area contributed by atoms with E-state index in [-0.39, 0.29) is 0 Å². The molecule has 346 valence electrons. The minimum Gasteiger partial charge on any atom is -0.358 e. The second-order valence-electron chi connectivity index (χ2n) is 18.5. The molecule has 0 aliphatic rings. The number of nitrogens with zero attached hydrogens (tertiary/aromatic N) is 6. The fourth-order valence-corrected chi connectivity index (χ4v) is 9.05. The molecule has 2 aromatic carbocycles. The van der Waals surface area contributed by atoms with Gasteiger partial charge in [0.1, 0.15) is 11.4 Å². The Morgan fingerprint density at radius 1 is 0.652 bits per heavy atom. The van der Waals surface area contributed by atoms with Gasteiger partial charge in [0.2, 0.25) is 0 Å². The third kappa shape index (κ3) is 10.0. The van der Waals surface area contributed by atoms with Crippen LogP contribution in [0.3, 0.4) is 0 Å². The summed E-state index contributed by atoms with van der Waals surface area (Å²) in [7, 11) is 0. The molecule has 0 bridgehead atoms. The molecule has 0 aliphatic carbocycles. The Morgan fingerprint density at radius 2 is 1.29 bits per heavy atom. The molecule has 11 nitrogen and oxygen atoms in total. The average molecular weight is 928 g/mol. The predicted molar refractivity (Wildman–Crippen MR) is 289 cm³/mol. The van der Waals surface area contributed by atoms with E-state index in [1.54, 1.807) is 11.3 Å². The molecule has 0 aliphatic heterocycles. The molecule has 9 aromatic heterocycles. The molecule has 5 N–H and O–H groups in total. The summed E-state index contributed by atoms with van der Waals surface area (Å²) in [4.78, 5) is 25.0. The van der Waals surface area contributed by atoms with Gasteiger partial charge >= 0.3 is 0 Å². The Morgan fingerprint density at radius 3 is 1.94 bits per heavy atom. The third-order valence-corrected chi connectivity index (χ3v) is 12.4. The third-order valence-electron chi connectivity index (χ3n) is 11.7. The number of H-pyrrole nitrogens is 4. The Balaban J connectivity index is 0.000000163. The molecule has 0 spiro atoms. The predicted octanol–water partition coefficient (Wildman–Crippen LogP) is 15.4. The van der Waals surface area contributed by atoms with Crippen molar-refractivity contribution < 1.29 is 0 Å². The minimum absolute atomic E-state index is 0.546. The molecular weight excluding hydrogens is 871 g/mol. The highest BCUT2D eigenvalue weighted by Gasteiger charge is 2.17. The number of rotatable bonds is 10. The van der Waals surface area contributed by atoms with Gasteiger partial charge in [-0.05, 0) is 133 Å². The Labute approximate surface area is 406 Å². The highest BCUT2D eigenvalue weighted by molar-refractivity contribution is 7.08. The van der Waals surface area contributed by atoms with E-state index < -0.39 is 0 Å². The summed E-state index contributed by atoms with van der Waals surface area (Å²) in [6.07, 6.45) is 14.2. The first-order valence-electron chi connectivity index (χ1n) is 23.3. The van der Waals surface area contributed by atoms with Gasteiger partial charge in [0.25, 0.3) is 0 Å². The highest BCUT2D eigenvalue weighted by Crippen LogP contribution is 2.37. The molecule has 69 heavy (non-hydrogen) atoms. The minimum atomic E-state index is 0.546. The lowest BCUT2D eigenvalue weighted by Crippen LogP contribution is -2.02. The number of aryl methyl sites for hydroxylation is 1. The molecule has 9 heterocycles. The van der Waals surface area contributed by atoms with E-state index in [9.17, 15) is 0 Å². The fourth-order valence-electron chi connectivity index (χ4n) is 8.41.